The van der Waals surface area contributed by atoms with E-state index in [2.05, 4.69) is 40.5 Å². The van der Waals surface area contributed by atoms with Gasteiger partial charge in [-0.2, -0.15) is 0 Å². The third-order valence-electron chi connectivity index (χ3n) is 5.05. The van der Waals surface area contributed by atoms with Gasteiger partial charge in [0.25, 0.3) is 0 Å². The summed E-state index contributed by atoms with van der Waals surface area (Å²) in [6.45, 7) is 5.64. The monoisotopic (exact) mass is 324 g/mol. The average molecular weight is 324 g/mol. The molecular weight excluding hydrogens is 300 g/mol. The molecule has 1 unspecified atom stereocenters. The summed E-state index contributed by atoms with van der Waals surface area (Å²) >= 11 is 0. The number of piperazine rings is 1. The molecule has 0 aliphatic carbocycles. The van der Waals surface area contributed by atoms with Crippen LogP contribution in [0.1, 0.15) is 25.0 Å². The molecule has 0 amide bonds. The van der Waals surface area contributed by atoms with Crippen LogP contribution in [0.4, 0.5) is 5.69 Å². The highest BCUT2D eigenvalue weighted by atomic mass is 16.5. The number of nitrogens with zero attached hydrogens (tertiary/aromatic N) is 1. The van der Waals surface area contributed by atoms with E-state index in [0.717, 1.165) is 55.1 Å². The minimum atomic E-state index is -0.431. The van der Waals surface area contributed by atoms with E-state index in [9.17, 15) is 5.11 Å². The largest absolute Gasteiger partial charge is 0.491 e. The minimum Gasteiger partial charge on any atom is -0.491 e. The van der Waals surface area contributed by atoms with E-state index < -0.39 is 6.10 Å². The second-order valence-corrected chi connectivity index (χ2v) is 6.67. The lowest BCUT2D eigenvalue weighted by Crippen LogP contribution is -2.51. The molecule has 126 valence electrons. The first kappa shape index (κ1) is 15.5. The summed E-state index contributed by atoms with van der Waals surface area (Å²) in [5, 5.41) is 13.1. The highest BCUT2D eigenvalue weighted by molar-refractivity contribution is 5.72. The third kappa shape index (κ3) is 2.87. The molecule has 4 heteroatoms. The van der Waals surface area contributed by atoms with Crippen LogP contribution in [-0.4, -0.2) is 37.4 Å². The van der Waals surface area contributed by atoms with Gasteiger partial charge in [0.2, 0.25) is 0 Å². The van der Waals surface area contributed by atoms with E-state index in [0.29, 0.717) is 6.04 Å². The topological polar surface area (TPSA) is 44.7 Å². The third-order valence-corrected chi connectivity index (χ3v) is 5.05. The molecule has 2 N–H and O–H groups in total. The van der Waals surface area contributed by atoms with Crippen LogP contribution in [0.5, 0.6) is 5.75 Å². The lowest BCUT2D eigenvalue weighted by Gasteiger charge is -2.36. The van der Waals surface area contributed by atoms with Crippen LogP contribution < -0.4 is 15.0 Å². The Morgan fingerprint density at radius 3 is 2.75 bits per heavy atom. The maximum absolute atomic E-state index is 9.65. The van der Waals surface area contributed by atoms with Crippen molar-refractivity contribution in [3.05, 3.63) is 48.0 Å². The Hall–Kier alpha value is -2.04. The zero-order valence-electron chi connectivity index (χ0n) is 14.0. The van der Waals surface area contributed by atoms with E-state index in [4.69, 9.17) is 4.74 Å². The number of aliphatic hydroxyl groups excluding tert-OH is 1. The maximum Gasteiger partial charge on any atom is 0.143 e. The zero-order valence-corrected chi connectivity index (χ0v) is 14.0. The molecule has 0 spiro atoms. The smallest absolute Gasteiger partial charge is 0.143 e. The normalized spacial score (nSPS) is 21.2. The number of ether oxygens (including phenoxy) is 1. The predicted molar refractivity (Wildman–Crippen MR) is 96.6 cm³/mol. The molecule has 2 aromatic carbocycles. The Balaban J connectivity index is 1.66. The van der Waals surface area contributed by atoms with Gasteiger partial charge in [0.15, 0.2) is 0 Å². The summed E-state index contributed by atoms with van der Waals surface area (Å²) in [6, 6.07) is 15.1. The van der Waals surface area contributed by atoms with Gasteiger partial charge in [0.1, 0.15) is 5.75 Å². The number of rotatable bonds is 2. The molecule has 2 atom stereocenters. The second-order valence-electron chi connectivity index (χ2n) is 6.67. The zero-order chi connectivity index (χ0) is 16.5. The predicted octanol–water partition coefficient (Wildman–Crippen LogP) is 2.97. The molecule has 2 aliphatic heterocycles. The lowest BCUT2D eigenvalue weighted by molar-refractivity contribution is 0.199. The second kappa shape index (κ2) is 6.46. The average Bonchev–Trinajstić information content (AvgIpc) is 2.80. The number of benzene rings is 2. The number of hydrogen-bond acceptors (Lipinski definition) is 4. The van der Waals surface area contributed by atoms with Gasteiger partial charge >= 0.3 is 0 Å². The number of anilines is 1. The van der Waals surface area contributed by atoms with E-state index >= 15 is 0 Å². The summed E-state index contributed by atoms with van der Waals surface area (Å²) in [4.78, 5) is 2.49. The summed E-state index contributed by atoms with van der Waals surface area (Å²) in [7, 11) is 0. The van der Waals surface area contributed by atoms with Gasteiger partial charge in [-0.25, -0.2) is 0 Å². The van der Waals surface area contributed by atoms with Crippen LogP contribution in [0.2, 0.25) is 0 Å². The summed E-state index contributed by atoms with van der Waals surface area (Å²) < 4.78 is 6.06. The van der Waals surface area contributed by atoms with Crippen molar-refractivity contribution in [1.29, 1.82) is 0 Å². The van der Waals surface area contributed by atoms with Crippen molar-refractivity contribution in [2.24, 2.45) is 0 Å². The Morgan fingerprint density at radius 2 is 1.96 bits per heavy atom. The van der Waals surface area contributed by atoms with E-state index in [1.165, 1.54) is 5.69 Å². The van der Waals surface area contributed by atoms with E-state index in [-0.39, 0.29) is 0 Å². The lowest BCUT2D eigenvalue weighted by atomic mass is 10.0. The van der Waals surface area contributed by atoms with Gasteiger partial charge in [-0.3, -0.25) is 0 Å². The van der Waals surface area contributed by atoms with Crippen LogP contribution in [0.15, 0.2) is 42.5 Å². The van der Waals surface area contributed by atoms with Gasteiger partial charge < -0.3 is 20.1 Å². The molecule has 4 rings (SSSR count). The van der Waals surface area contributed by atoms with Crippen LogP contribution in [-0.2, 0) is 0 Å². The van der Waals surface area contributed by atoms with Crippen LogP contribution in [0, 0.1) is 0 Å². The minimum absolute atomic E-state index is 0.431. The summed E-state index contributed by atoms with van der Waals surface area (Å²) in [5.74, 6) is 0.983. The number of aliphatic hydroxyl groups is 1. The molecular formula is C20H24N2O2. The Bertz CT molecular complexity index is 712. The fourth-order valence-electron chi connectivity index (χ4n) is 3.64. The first-order valence-electron chi connectivity index (χ1n) is 8.75. The van der Waals surface area contributed by atoms with Crippen molar-refractivity contribution in [2.45, 2.75) is 25.5 Å². The summed E-state index contributed by atoms with van der Waals surface area (Å²) in [5.41, 5.74) is 4.45. The molecule has 2 aliphatic rings. The van der Waals surface area contributed by atoms with Crippen molar-refractivity contribution in [3.63, 3.8) is 0 Å². The number of hydrogen-bond donors (Lipinski definition) is 2. The SMILES string of the molecule is CC(O)c1ccc(-c2ccc3c(c2)OCC[C@H]2CNCCN32)cc1. The molecule has 1 saturated heterocycles. The van der Waals surface area contributed by atoms with Gasteiger partial charge in [-0.05, 0) is 35.7 Å². The van der Waals surface area contributed by atoms with Gasteiger partial charge in [0, 0.05) is 32.1 Å². The Labute approximate surface area is 143 Å². The van der Waals surface area contributed by atoms with Crippen molar-refractivity contribution in [2.75, 3.05) is 31.1 Å². The standard InChI is InChI=1S/C20H24N2O2/c1-14(23)15-2-4-16(5-3-15)17-6-7-19-20(12-17)24-11-8-18-13-21-9-10-22(18)19/h2-7,12,14,18,21,23H,8-11,13H2,1H3/t14?,18-/m0/s1. The number of nitrogens with one attached hydrogen (secondary N) is 1. The first-order valence-corrected chi connectivity index (χ1v) is 8.75. The molecule has 1 fully saturated rings. The Morgan fingerprint density at radius 1 is 1.17 bits per heavy atom. The molecule has 2 heterocycles. The van der Waals surface area contributed by atoms with Crippen molar-refractivity contribution in [1.82, 2.24) is 5.32 Å². The molecule has 0 saturated carbocycles. The van der Waals surface area contributed by atoms with E-state index in [1.54, 1.807) is 6.92 Å². The van der Waals surface area contributed by atoms with Gasteiger partial charge in [-0.15, -0.1) is 0 Å². The first-order chi connectivity index (χ1) is 11.7. The van der Waals surface area contributed by atoms with Crippen LogP contribution in [0.3, 0.4) is 0 Å². The van der Waals surface area contributed by atoms with Crippen molar-refractivity contribution in [3.8, 4) is 16.9 Å². The van der Waals surface area contributed by atoms with Gasteiger partial charge in [0.05, 0.1) is 18.4 Å². The molecule has 2 aromatic rings. The Kier molecular flexibility index (Phi) is 4.17. The van der Waals surface area contributed by atoms with Gasteiger partial charge in [-0.1, -0.05) is 30.3 Å². The molecule has 0 aromatic heterocycles. The van der Waals surface area contributed by atoms with E-state index in [1.807, 2.05) is 12.1 Å². The fraction of sp³-hybridized carbons (Fsp3) is 0.400. The molecule has 0 bridgehead atoms. The van der Waals surface area contributed by atoms with Crippen molar-refractivity contribution >= 4 is 5.69 Å². The van der Waals surface area contributed by atoms with Crippen LogP contribution in [0.25, 0.3) is 11.1 Å². The highest BCUT2D eigenvalue weighted by Gasteiger charge is 2.27. The molecule has 24 heavy (non-hydrogen) atoms. The fourth-order valence-corrected chi connectivity index (χ4v) is 3.64. The quantitative estimate of drug-likeness (QED) is 0.891. The van der Waals surface area contributed by atoms with Crippen molar-refractivity contribution < 1.29 is 9.84 Å². The van der Waals surface area contributed by atoms with Crippen LogP contribution >= 0.6 is 0 Å². The maximum atomic E-state index is 9.65. The summed E-state index contributed by atoms with van der Waals surface area (Å²) in [6.07, 6.45) is 0.624. The highest BCUT2D eigenvalue weighted by Crippen LogP contribution is 2.37. The molecule has 0 radical (unpaired) electrons. The molecule has 4 nitrogen and oxygen atoms in total. The number of fused-ring (bicyclic) bond motifs is 3.